The van der Waals surface area contributed by atoms with Crippen molar-refractivity contribution in [2.24, 2.45) is 17.8 Å². The third-order valence-electron chi connectivity index (χ3n) is 5.54. The third-order valence-corrected chi connectivity index (χ3v) is 5.54. The quantitative estimate of drug-likeness (QED) is 0.886. The highest BCUT2D eigenvalue weighted by atomic mass is 35.5. The summed E-state index contributed by atoms with van der Waals surface area (Å²) in [4.78, 5) is 14.7. The van der Waals surface area contributed by atoms with Gasteiger partial charge in [-0.1, -0.05) is 25.1 Å². The number of carbonyl (C=O) groups is 1. The highest BCUT2D eigenvalue weighted by Gasteiger charge is 2.33. The zero-order valence-electron chi connectivity index (χ0n) is 14.7. The molecule has 1 unspecified atom stereocenters. The number of methoxy groups -OCH3 is 1. The molecule has 1 amide bonds. The van der Waals surface area contributed by atoms with E-state index in [0.717, 1.165) is 51.2 Å². The van der Waals surface area contributed by atoms with E-state index >= 15 is 0 Å². The molecule has 2 fully saturated rings. The average Bonchev–Trinajstić information content (AvgIpc) is 2.54. The van der Waals surface area contributed by atoms with Crippen LogP contribution in [0.2, 0.25) is 0 Å². The van der Waals surface area contributed by atoms with Crippen LogP contribution in [0.15, 0.2) is 24.3 Å². The molecule has 0 saturated carbocycles. The van der Waals surface area contributed by atoms with Gasteiger partial charge in [0.15, 0.2) is 0 Å². The van der Waals surface area contributed by atoms with E-state index in [4.69, 9.17) is 4.74 Å². The zero-order chi connectivity index (χ0) is 16.2. The van der Waals surface area contributed by atoms with Crippen LogP contribution in [-0.4, -0.2) is 44.1 Å². The molecule has 5 heteroatoms. The standard InChI is InChI=1S/C19H28N2O2.ClH/c1-14(17-12-20-13-17)19(22)21-9-7-15(8-10-21)11-16-5-3-4-6-18(16)23-2;/h3-6,14-15,17,20H,7-13H2,1-2H3;1H. The maximum Gasteiger partial charge on any atom is 0.225 e. The van der Waals surface area contributed by atoms with E-state index in [0.29, 0.717) is 17.7 Å². The van der Waals surface area contributed by atoms with Crippen molar-refractivity contribution < 1.29 is 9.53 Å². The minimum absolute atomic E-state index is 0. The maximum absolute atomic E-state index is 12.6. The Bertz CT molecular complexity index is 540. The predicted octanol–water partition coefficient (Wildman–Crippen LogP) is 2.75. The van der Waals surface area contributed by atoms with Crippen LogP contribution in [0.1, 0.15) is 25.3 Å². The molecular formula is C19H29ClN2O2. The number of halogens is 1. The Morgan fingerprint density at radius 2 is 1.96 bits per heavy atom. The van der Waals surface area contributed by atoms with Crippen molar-refractivity contribution in [1.82, 2.24) is 10.2 Å². The molecule has 2 aliphatic heterocycles. The van der Waals surface area contributed by atoms with E-state index in [1.807, 2.05) is 12.1 Å². The van der Waals surface area contributed by atoms with E-state index in [1.165, 1.54) is 5.56 Å². The van der Waals surface area contributed by atoms with Crippen molar-refractivity contribution in [3.63, 3.8) is 0 Å². The molecule has 1 aromatic rings. The van der Waals surface area contributed by atoms with Crippen LogP contribution >= 0.6 is 12.4 Å². The van der Waals surface area contributed by atoms with Gasteiger partial charge in [0.1, 0.15) is 5.75 Å². The van der Waals surface area contributed by atoms with Gasteiger partial charge in [-0.15, -0.1) is 12.4 Å². The van der Waals surface area contributed by atoms with Crippen molar-refractivity contribution in [2.45, 2.75) is 26.2 Å². The number of piperidine rings is 1. The lowest BCUT2D eigenvalue weighted by Gasteiger charge is -2.38. The van der Waals surface area contributed by atoms with Crippen molar-refractivity contribution in [3.8, 4) is 5.75 Å². The monoisotopic (exact) mass is 352 g/mol. The Kier molecular flexibility index (Phi) is 6.93. The first kappa shape index (κ1) is 19.1. The van der Waals surface area contributed by atoms with Gasteiger partial charge in [-0.05, 0) is 55.8 Å². The molecule has 134 valence electrons. The first-order chi connectivity index (χ1) is 11.2. The summed E-state index contributed by atoms with van der Waals surface area (Å²) in [5, 5.41) is 3.26. The minimum Gasteiger partial charge on any atom is -0.496 e. The number of hydrogen-bond acceptors (Lipinski definition) is 3. The summed E-state index contributed by atoms with van der Waals surface area (Å²) in [6, 6.07) is 8.27. The van der Waals surface area contributed by atoms with E-state index in [9.17, 15) is 4.79 Å². The molecule has 0 aliphatic carbocycles. The van der Waals surface area contributed by atoms with Crippen molar-refractivity contribution in [2.75, 3.05) is 33.3 Å². The highest BCUT2D eigenvalue weighted by molar-refractivity contribution is 5.85. The summed E-state index contributed by atoms with van der Waals surface area (Å²) < 4.78 is 5.45. The van der Waals surface area contributed by atoms with Crippen molar-refractivity contribution in [3.05, 3.63) is 29.8 Å². The SMILES string of the molecule is COc1ccccc1CC1CCN(C(=O)C(C)C2CNC2)CC1.Cl. The van der Waals surface area contributed by atoms with Crippen molar-refractivity contribution >= 4 is 18.3 Å². The molecule has 0 radical (unpaired) electrons. The second kappa shape index (κ2) is 8.72. The van der Waals surface area contributed by atoms with Gasteiger partial charge in [0.05, 0.1) is 7.11 Å². The van der Waals surface area contributed by atoms with E-state index < -0.39 is 0 Å². The molecule has 1 atom stereocenters. The molecule has 24 heavy (non-hydrogen) atoms. The molecule has 2 saturated heterocycles. The summed E-state index contributed by atoms with van der Waals surface area (Å²) in [5.74, 6) is 2.69. The Morgan fingerprint density at radius 3 is 2.54 bits per heavy atom. The van der Waals surface area contributed by atoms with Crippen LogP contribution < -0.4 is 10.1 Å². The number of ether oxygens (including phenoxy) is 1. The summed E-state index contributed by atoms with van der Waals surface area (Å²) in [5.41, 5.74) is 1.29. The second-order valence-corrected chi connectivity index (χ2v) is 6.99. The topological polar surface area (TPSA) is 41.6 Å². The van der Waals surface area contributed by atoms with Crippen molar-refractivity contribution in [1.29, 1.82) is 0 Å². The Morgan fingerprint density at radius 1 is 1.29 bits per heavy atom. The van der Waals surface area contributed by atoms with Crippen LogP contribution in [0, 0.1) is 17.8 Å². The smallest absolute Gasteiger partial charge is 0.225 e. The highest BCUT2D eigenvalue weighted by Crippen LogP contribution is 2.28. The van der Waals surface area contributed by atoms with E-state index in [-0.39, 0.29) is 18.3 Å². The summed E-state index contributed by atoms with van der Waals surface area (Å²) in [7, 11) is 1.73. The van der Waals surface area contributed by atoms with Crippen LogP contribution in [0.25, 0.3) is 0 Å². The van der Waals surface area contributed by atoms with Crippen LogP contribution in [0.4, 0.5) is 0 Å². The number of amides is 1. The van der Waals surface area contributed by atoms with Gasteiger partial charge in [0.2, 0.25) is 5.91 Å². The number of carbonyl (C=O) groups excluding carboxylic acids is 1. The van der Waals surface area contributed by atoms with Crippen LogP contribution in [-0.2, 0) is 11.2 Å². The number of likely N-dealkylation sites (tertiary alicyclic amines) is 1. The lowest BCUT2D eigenvalue weighted by Crippen LogP contribution is -2.51. The third kappa shape index (κ3) is 4.22. The Balaban J connectivity index is 0.00000208. The number of nitrogens with zero attached hydrogens (tertiary/aromatic N) is 1. The van der Waals surface area contributed by atoms with Gasteiger partial charge in [-0.25, -0.2) is 0 Å². The molecule has 0 bridgehead atoms. The average molecular weight is 353 g/mol. The molecule has 0 spiro atoms. The summed E-state index contributed by atoms with van der Waals surface area (Å²) in [6.45, 7) is 5.90. The van der Waals surface area contributed by atoms with E-state index in [1.54, 1.807) is 7.11 Å². The number of rotatable bonds is 5. The van der Waals surface area contributed by atoms with Gasteiger partial charge in [0.25, 0.3) is 0 Å². The molecule has 2 aliphatic rings. The van der Waals surface area contributed by atoms with Gasteiger partial charge in [-0.2, -0.15) is 0 Å². The molecular weight excluding hydrogens is 324 g/mol. The normalized spacial score (nSPS) is 20.0. The van der Waals surface area contributed by atoms with Gasteiger partial charge >= 0.3 is 0 Å². The predicted molar refractivity (Wildman–Crippen MR) is 98.8 cm³/mol. The first-order valence-electron chi connectivity index (χ1n) is 8.80. The number of benzene rings is 1. The lowest BCUT2D eigenvalue weighted by atomic mass is 9.86. The second-order valence-electron chi connectivity index (χ2n) is 6.99. The fourth-order valence-corrected chi connectivity index (χ4v) is 3.69. The first-order valence-corrected chi connectivity index (χ1v) is 8.80. The zero-order valence-corrected chi connectivity index (χ0v) is 15.5. The molecule has 1 aromatic carbocycles. The van der Waals surface area contributed by atoms with E-state index in [2.05, 4.69) is 29.3 Å². The van der Waals surface area contributed by atoms with Gasteiger partial charge in [0, 0.05) is 19.0 Å². The fourth-order valence-electron chi connectivity index (χ4n) is 3.69. The summed E-state index contributed by atoms with van der Waals surface area (Å²) >= 11 is 0. The minimum atomic E-state index is 0. The fraction of sp³-hybridized carbons (Fsp3) is 0.632. The number of hydrogen-bond donors (Lipinski definition) is 1. The Hall–Kier alpha value is -1.26. The van der Waals surface area contributed by atoms with Gasteiger partial charge in [-0.3, -0.25) is 4.79 Å². The number of para-hydroxylation sites is 1. The lowest BCUT2D eigenvalue weighted by molar-refractivity contribution is -0.138. The largest absolute Gasteiger partial charge is 0.496 e. The Labute approximate surface area is 151 Å². The molecule has 3 rings (SSSR count). The molecule has 0 aromatic heterocycles. The molecule has 2 heterocycles. The number of nitrogens with one attached hydrogen (secondary N) is 1. The van der Waals surface area contributed by atoms with Gasteiger partial charge < -0.3 is 15.0 Å². The molecule has 4 nitrogen and oxygen atoms in total. The van der Waals surface area contributed by atoms with Crippen LogP contribution in [0.5, 0.6) is 5.75 Å². The molecule has 1 N–H and O–H groups in total. The maximum atomic E-state index is 12.6. The van der Waals surface area contributed by atoms with Crippen LogP contribution in [0.3, 0.4) is 0 Å². The summed E-state index contributed by atoms with van der Waals surface area (Å²) in [6.07, 6.45) is 3.24.